The normalized spacial score (nSPS) is 19.0. The predicted molar refractivity (Wildman–Crippen MR) is 87.9 cm³/mol. The Morgan fingerprint density at radius 1 is 1.38 bits per heavy atom. The summed E-state index contributed by atoms with van der Waals surface area (Å²) in [5.41, 5.74) is 2.53. The van der Waals surface area contributed by atoms with E-state index in [4.69, 9.17) is 9.72 Å². The number of hydrogen-bond acceptors (Lipinski definition) is 4. The highest BCUT2D eigenvalue weighted by Gasteiger charge is 2.21. The van der Waals surface area contributed by atoms with Crippen LogP contribution in [0.2, 0.25) is 0 Å². The van der Waals surface area contributed by atoms with Crippen molar-refractivity contribution in [3.63, 3.8) is 0 Å². The fourth-order valence-corrected chi connectivity index (χ4v) is 3.00. The molecule has 1 fully saturated rings. The van der Waals surface area contributed by atoms with E-state index in [1.807, 2.05) is 7.05 Å². The Kier molecular flexibility index (Phi) is 6.46. The third-order valence-electron chi connectivity index (χ3n) is 3.92. The van der Waals surface area contributed by atoms with Gasteiger partial charge in [0.1, 0.15) is 5.82 Å². The van der Waals surface area contributed by atoms with E-state index in [1.54, 1.807) is 0 Å². The number of piperidine rings is 1. The van der Waals surface area contributed by atoms with Gasteiger partial charge in [-0.05, 0) is 50.9 Å². The molecule has 0 amide bonds. The minimum Gasteiger partial charge on any atom is -0.377 e. The van der Waals surface area contributed by atoms with Gasteiger partial charge < -0.3 is 15.0 Å². The molecule has 0 aliphatic carbocycles. The summed E-state index contributed by atoms with van der Waals surface area (Å²) in [4.78, 5) is 7.26. The van der Waals surface area contributed by atoms with Gasteiger partial charge in [0.25, 0.3) is 0 Å². The number of aryl methyl sites for hydroxylation is 1. The Morgan fingerprint density at radius 2 is 2.24 bits per heavy atom. The van der Waals surface area contributed by atoms with Crippen LogP contribution in [0.15, 0.2) is 12.1 Å². The second-order valence-electron chi connectivity index (χ2n) is 5.77. The smallest absolute Gasteiger partial charge is 0.129 e. The highest BCUT2D eigenvalue weighted by Crippen LogP contribution is 2.22. The number of aromatic nitrogens is 1. The lowest BCUT2D eigenvalue weighted by Crippen LogP contribution is -2.40. The van der Waals surface area contributed by atoms with E-state index in [0.29, 0.717) is 6.10 Å². The fourth-order valence-electron chi connectivity index (χ4n) is 3.00. The molecule has 0 spiro atoms. The zero-order valence-corrected chi connectivity index (χ0v) is 13.7. The van der Waals surface area contributed by atoms with Crippen LogP contribution in [0, 0.1) is 0 Å². The quantitative estimate of drug-likeness (QED) is 0.838. The molecule has 2 rings (SSSR count). The SMILES string of the molecule is CCCc1cc(CNC)cc(N2CCCC(OCC)C2)n1. The lowest BCUT2D eigenvalue weighted by Gasteiger charge is -2.33. The minimum absolute atomic E-state index is 0.355. The summed E-state index contributed by atoms with van der Waals surface area (Å²) in [6.45, 7) is 8.03. The van der Waals surface area contributed by atoms with E-state index in [1.165, 1.54) is 24.1 Å². The molecule has 1 aromatic rings. The van der Waals surface area contributed by atoms with Crippen LogP contribution in [0.1, 0.15) is 44.4 Å². The van der Waals surface area contributed by atoms with Crippen molar-refractivity contribution in [1.29, 1.82) is 0 Å². The van der Waals surface area contributed by atoms with Gasteiger partial charge in [0.2, 0.25) is 0 Å². The van der Waals surface area contributed by atoms with Gasteiger partial charge >= 0.3 is 0 Å². The van der Waals surface area contributed by atoms with Crippen molar-refractivity contribution in [2.45, 2.75) is 52.2 Å². The third kappa shape index (κ3) is 4.68. The second-order valence-corrected chi connectivity index (χ2v) is 5.77. The first-order valence-electron chi connectivity index (χ1n) is 8.27. The van der Waals surface area contributed by atoms with Gasteiger partial charge in [-0.15, -0.1) is 0 Å². The summed E-state index contributed by atoms with van der Waals surface area (Å²) in [7, 11) is 1.99. The van der Waals surface area contributed by atoms with Gasteiger partial charge in [-0.2, -0.15) is 0 Å². The van der Waals surface area contributed by atoms with E-state index in [9.17, 15) is 0 Å². The molecule has 1 aliphatic rings. The molecule has 1 N–H and O–H groups in total. The molecule has 1 unspecified atom stereocenters. The van der Waals surface area contributed by atoms with Crippen molar-refractivity contribution in [3.05, 3.63) is 23.4 Å². The van der Waals surface area contributed by atoms with Crippen molar-refractivity contribution in [2.24, 2.45) is 0 Å². The molecule has 4 heteroatoms. The number of anilines is 1. The van der Waals surface area contributed by atoms with E-state index in [2.05, 4.69) is 36.2 Å². The maximum absolute atomic E-state index is 5.81. The third-order valence-corrected chi connectivity index (χ3v) is 3.92. The molecule has 4 nitrogen and oxygen atoms in total. The molecule has 0 saturated carbocycles. The van der Waals surface area contributed by atoms with Crippen LogP contribution in [0.4, 0.5) is 5.82 Å². The first-order valence-corrected chi connectivity index (χ1v) is 8.27. The lowest BCUT2D eigenvalue weighted by atomic mass is 10.1. The molecule has 118 valence electrons. The van der Waals surface area contributed by atoms with Gasteiger partial charge in [0, 0.05) is 31.9 Å². The van der Waals surface area contributed by atoms with Crippen LogP contribution >= 0.6 is 0 Å². The van der Waals surface area contributed by atoms with Crippen LogP contribution in [-0.2, 0) is 17.7 Å². The fraction of sp³-hybridized carbons (Fsp3) is 0.706. The number of hydrogen-bond donors (Lipinski definition) is 1. The molecule has 1 aliphatic heterocycles. The van der Waals surface area contributed by atoms with Crippen molar-refractivity contribution in [1.82, 2.24) is 10.3 Å². The van der Waals surface area contributed by atoms with Crippen molar-refractivity contribution in [2.75, 3.05) is 31.6 Å². The molecule has 1 saturated heterocycles. The molecule has 1 aromatic heterocycles. The molecule has 0 radical (unpaired) electrons. The standard InChI is InChI=1S/C17H29N3O/c1-4-7-15-10-14(12-18-3)11-17(19-15)20-9-6-8-16(13-20)21-5-2/h10-11,16,18H,4-9,12-13H2,1-3H3. The maximum atomic E-state index is 5.81. The molecular weight excluding hydrogens is 262 g/mol. The summed E-state index contributed by atoms with van der Waals surface area (Å²) < 4.78 is 5.81. The topological polar surface area (TPSA) is 37.4 Å². The molecule has 0 bridgehead atoms. The van der Waals surface area contributed by atoms with E-state index >= 15 is 0 Å². The summed E-state index contributed by atoms with van der Waals surface area (Å²) in [6, 6.07) is 4.46. The second kappa shape index (κ2) is 8.35. The first kappa shape index (κ1) is 16.2. The summed E-state index contributed by atoms with van der Waals surface area (Å²) >= 11 is 0. The molecular formula is C17H29N3O. The van der Waals surface area contributed by atoms with Gasteiger partial charge in [0.05, 0.1) is 6.10 Å². The predicted octanol–water partition coefficient (Wildman–Crippen LogP) is 2.76. The Bertz CT molecular complexity index is 410. The molecule has 21 heavy (non-hydrogen) atoms. The average molecular weight is 291 g/mol. The van der Waals surface area contributed by atoms with Gasteiger partial charge in [0.15, 0.2) is 0 Å². The van der Waals surface area contributed by atoms with Gasteiger partial charge in [-0.3, -0.25) is 0 Å². The summed E-state index contributed by atoms with van der Waals surface area (Å²) in [5.74, 6) is 1.12. The Balaban J connectivity index is 2.16. The first-order chi connectivity index (χ1) is 10.3. The number of ether oxygens (including phenoxy) is 1. The van der Waals surface area contributed by atoms with Crippen molar-refractivity contribution in [3.8, 4) is 0 Å². The van der Waals surface area contributed by atoms with Gasteiger partial charge in [-0.1, -0.05) is 13.3 Å². The van der Waals surface area contributed by atoms with Crippen LogP contribution in [-0.4, -0.2) is 37.8 Å². The average Bonchev–Trinajstić information content (AvgIpc) is 2.48. The summed E-state index contributed by atoms with van der Waals surface area (Å²) in [5, 5.41) is 3.24. The zero-order chi connectivity index (χ0) is 15.1. The van der Waals surface area contributed by atoms with Crippen molar-refractivity contribution < 1.29 is 4.74 Å². The van der Waals surface area contributed by atoms with Gasteiger partial charge in [-0.25, -0.2) is 4.98 Å². The van der Waals surface area contributed by atoms with Crippen LogP contribution < -0.4 is 10.2 Å². The highest BCUT2D eigenvalue weighted by molar-refractivity contribution is 5.43. The minimum atomic E-state index is 0.355. The van der Waals surface area contributed by atoms with Crippen LogP contribution in [0.3, 0.4) is 0 Å². The van der Waals surface area contributed by atoms with Crippen molar-refractivity contribution >= 4 is 5.82 Å². The Morgan fingerprint density at radius 3 is 2.95 bits per heavy atom. The van der Waals surface area contributed by atoms with Crippen LogP contribution in [0.5, 0.6) is 0 Å². The Labute approximate surface area is 128 Å². The van der Waals surface area contributed by atoms with E-state index < -0.39 is 0 Å². The monoisotopic (exact) mass is 291 g/mol. The zero-order valence-electron chi connectivity index (χ0n) is 13.7. The number of pyridine rings is 1. The van der Waals surface area contributed by atoms with E-state index in [0.717, 1.165) is 44.9 Å². The lowest BCUT2D eigenvalue weighted by molar-refractivity contribution is 0.0525. The highest BCUT2D eigenvalue weighted by atomic mass is 16.5. The summed E-state index contributed by atoms with van der Waals surface area (Å²) in [6.07, 6.45) is 4.89. The van der Waals surface area contributed by atoms with Crippen LogP contribution in [0.25, 0.3) is 0 Å². The number of rotatable bonds is 7. The number of nitrogens with one attached hydrogen (secondary N) is 1. The largest absolute Gasteiger partial charge is 0.377 e. The maximum Gasteiger partial charge on any atom is 0.129 e. The molecule has 0 aromatic carbocycles. The molecule has 2 heterocycles. The Hall–Kier alpha value is -1.13. The number of nitrogens with zero attached hydrogens (tertiary/aromatic N) is 2. The molecule has 1 atom stereocenters. The van der Waals surface area contributed by atoms with E-state index in [-0.39, 0.29) is 0 Å².